The minimum atomic E-state index is -0.171. The summed E-state index contributed by atoms with van der Waals surface area (Å²) in [7, 11) is 0. The van der Waals surface area contributed by atoms with Crippen LogP contribution < -0.4 is 10.2 Å². The van der Waals surface area contributed by atoms with Gasteiger partial charge in [0.15, 0.2) is 0 Å². The number of benzene rings is 1. The van der Waals surface area contributed by atoms with E-state index in [1.54, 1.807) is 12.4 Å². The fourth-order valence-corrected chi connectivity index (χ4v) is 3.07. The van der Waals surface area contributed by atoms with Crippen LogP contribution in [0, 0.1) is 13.8 Å². The standard InChI is InChI=1S/C19H24N4O/c1-14-8-7-9-15(2)17(14)22-18(24)16-12-20-19(21-13-16)23-10-5-3-4-6-11-23/h7-9,12-13H,3-6,10-11H2,1-2H3,(H,22,24). The van der Waals surface area contributed by atoms with Gasteiger partial charge in [-0.05, 0) is 37.8 Å². The molecule has 0 bridgehead atoms. The Kier molecular flexibility index (Phi) is 5.08. The third kappa shape index (κ3) is 3.72. The van der Waals surface area contributed by atoms with Crippen LogP contribution in [-0.4, -0.2) is 29.0 Å². The van der Waals surface area contributed by atoms with Crippen molar-refractivity contribution in [2.75, 3.05) is 23.3 Å². The number of nitrogens with zero attached hydrogens (tertiary/aromatic N) is 3. The van der Waals surface area contributed by atoms with E-state index in [1.165, 1.54) is 25.7 Å². The van der Waals surface area contributed by atoms with Gasteiger partial charge in [0.05, 0.1) is 5.56 Å². The van der Waals surface area contributed by atoms with E-state index < -0.39 is 0 Å². The molecule has 1 amide bonds. The maximum Gasteiger partial charge on any atom is 0.258 e. The minimum Gasteiger partial charge on any atom is -0.341 e. The van der Waals surface area contributed by atoms with Crippen LogP contribution in [-0.2, 0) is 0 Å². The van der Waals surface area contributed by atoms with Crippen LogP contribution in [0.5, 0.6) is 0 Å². The fraction of sp³-hybridized carbons (Fsp3) is 0.421. The van der Waals surface area contributed by atoms with E-state index >= 15 is 0 Å². The van der Waals surface area contributed by atoms with Crippen molar-refractivity contribution in [1.82, 2.24) is 9.97 Å². The maximum atomic E-state index is 12.5. The van der Waals surface area contributed by atoms with E-state index in [4.69, 9.17) is 0 Å². The van der Waals surface area contributed by atoms with Crippen LogP contribution in [0.3, 0.4) is 0 Å². The SMILES string of the molecule is Cc1cccc(C)c1NC(=O)c1cnc(N2CCCCCC2)nc1. The Morgan fingerprint density at radius 1 is 1.00 bits per heavy atom. The zero-order chi connectivity index (χ0) is 16.9. The molecule has 5 nitrogen and oxygen atoms in total. The zero-order valence-electron chi connectivity index (χ0n) is 14.4. The molecule has 1 fully saturated rings. The van der Waals surface area contributed by atoms with Crippen LogP contribution in [0.2, 0.25) is 0 Å². The van der Waals surface area contributed by atoms with Gasteiger partial charge in [-0.25, -0.2) is 9.97 Å². The lowest BCUT2D eigenvalue weighted by Gasteiger charge is -2.19. The van der Waals surface area contributed by atoms with Crippen molar-refractivity contribution in [3.05, 3.63) is 47.3 Å². The molecule has 0 spiro atoms. The molecule has 0 atom stereocenters. The van der Waals surface area contributed by atoms with Gasteiger partial charge in [-0.1, -0.05) is 31.0 Å². The number of anilines is 2. The van der Waals surface area contributed by atoms with Gasteiger partial charge in [0, 0.05) is 31.2 Å². The highest BCUT2D eigenvalue weighted by molar-refractivity contribution is 6.04. The molecule has 2 heterocycles. The molecule has 0 radical (unpaired) electrons. The summed E-state index contributed by atoms with van der Waals surface area (Å²) in [5.74, 6) is 0.551. The van der Waals surface area contributed by atoms with Gasteiger partial charge >= 0.3 is 0 Å². The Morgan fingerprint density at radius 2 is 1.58 bits per heavy atom. The van der Waals surface area contributed by atoms with Crippen molar-refractivity contribution in [2.45, 2.75) is 39.5 Å². The van der Waals surface area contributed by atoms with Crippen LogP contribution in [0.25, 0.3) is 0 Å². The molecule has 0 unspecified atom stereocenters. The molecular weight excluding hydrogens is 300 g/mol. The molecule has 5 heteroatoms. The lowest BCUT2D eigenvalue weighted by molar-refractivity contribution is 0.102. The predicted molar refractivity (Wildman–Crippen MR) is 96.6 cm³/mol. The molecule has 1 aliphatic rings. The number of amides is 1. The summed E-state index contributed by atoms with van der Waals surface area (Å²) in [6, 6.07) is 5.96. The fourth-order valence-electron chi connectivity index (χ4n) is 3.07. The van der Waals surface area contributed by atoms with Crippen molar-refractivity contribution >= 4 is 17.5 Å². The van der Waals surface area contributed by atoms with Crippen LogP contribution in [0.4, 0.5) is 11.6 Å². The maximum absolute atomic E-state index is 12.5. The molecule has 1 N–H and O–H groups in total. The van der Waals surface area contributed by atoms with E-state index in [0.717, 1.165) is 35.9 Å². The average molecular weight is 324 g/mol. The Morgan fingerprint density at radius 3 is 2.17 bits per heavy atom. The molecule has 1 aliphatic heterocycles. The van der Waals surface area contributed by atoms with E-state index in [-0.39, 0.29) is 5.91 Å². The number of aryl methyl sites for hydroxylation is 2. The molecule has 1 saturated heterocycles. The Labute approximate surface area is 143 Å². The second-order valence-corrected chi connectivity index (χ2v) is 6.39. The van der Waals surface area contributed by atoms with Gasteiger partial charge in [0.1, 0.15) is 0 Å². The number of rotatable bonds is 3. The van der Waals surface area contributed by atoms with Crippen LogP contribution in [0.1, 0.15) is 47.2 Å². The number of hydrogen-bond donors (Lipinski definition) is 1. The predicted octanol–water partition coefficient (Wildman–Crippen LogP) is 3.73. The van der Waals surface area contributed by atoms with Crippen LogP contribution in [0.15, 0.2) is 30.6 Å². The largest absolute Gasteiger partial charge is 0.341 e. The van der Waals surface area contributed by atoms with E-state index in [0.29, 0.717) is 5.56 Å². The second kappa shape index (κ2) is 7.43. The number of nitrogens with one attached hydrogen (secondary N) is 1. The summed E-state index contributed by atoms with van der Waals surface area (Å²) < 4.78 is 0. The molecule has 0 saturated carbocycles. The van der Waals surface area contributed by atoms with Gasteiger partial charge in [-0.2, -0.15) is 0 Å². The highest BCUT2D eigenvalue weighted by atomic mass is 16.1. The molecular formula is C19H24N4O. The zero-order valence-corrected chi connectivity index (χ0v) is 14.4. The first-order valence-electron chi connectivity index (χ1n) is 8.60. The minimum absolute atomic E-state index is 0.171. The lowest BCUT2D eigenvalue weighted by Crippen LogP contribution is -2.26. The first-order valence-corrected chi connectivity index (χ1v) is 8.60. The quantitative estimate of drug-likeness (QED) is 0.934. The van der Waals surface area contributed by atoms with Gasteiger partial charge < -0.3 is 10.2 Å². The van der Waals surface area contributed by atoms with E-state index in [9.17, 15) is 4.79 Å². The van der Waals surface area contributed by atoms with Gasteiger partial charge in [-0.3, -0.25) is 4.79 Å². The smallest absolute Gasteiger partial charge is 0.258 e. The molecule has 1 aromatic carbocycles. The van der Waals surface area contributed by atoms with Crippen LogP contribution >= 0.6 is 0 Å². The Hall–Kier alpha value is -2.43. The summed E-state index contributed by atoms with van der Waals surface area (Å²) >= 11 is 0. The normalized spacial score (nSPS) is 15.0. The van der Waals surface area contributed by atoms with Crippen molar-refractivity contribution in [3.8, 4) is 0 Å². The highest BCUT2D eigenvalue weighted by Gasteiger charge is 2.14. The molecule has 2 aromatic rings. The van der Waals surface area contributed by atoms with Crippen molar-refractivity contribution in [2.24, 2.45) is 0 Å². The summed E-state index contributed by atoms with van der Waals surface area (Å²) in [6.07, 6.45) is 8.14. The number of aromatic nitrogens is 2. The van der Waals surface area contributed by atoms with Crippen molar-refractivity contribution in [3.63, 3.8) is 0 Å². The first-order chi connectivity index (χ1) is 11.6. The highest BCUT2D eigenvalue weighted by Crippen LogP contribution is 2.20. The summed E-state index contributed by atoms with van der Waals surface area (Å²) in [5.41, 5.74) is 3.44. The third-order valence-corrected chi connectivity index (χ3v) is 4.51. The number of para-hydroxylation sites is 1. The monoisotopic (exact) mass is 324 g/mol. The number of carbonyl (C=O) groups excluding carboxylic acids is 1. The molecule has 24 heavy (non-hydrogen) atoms. The van der Waals surface area contributed by atoms with Gasteiger partial charge in [0.25, 0.3) is 5.91 Å². The Bertz CT molecular complexity index is 684. The van der Waals surface area contributed by atoms with Crippen molar-refractivity contribution in [1.29, 1.82) is 0 Å². The second-order valence-electron chi connectivity index (χ2n) is 6.39. The summed E-state index contributed by atoms with van der Waals surface area (Å²) in [6.45, 7) is 5.96. The molecule has 126 valence electrons. The van der Waals surface area contributed by atoms with Crippen molar-refractivity contribution < 1.29 is 4.79 Å². The summed E-state index contributed by atoms with van der Waals surface area (Å²) in [4.78, 5) is 23.5. The Balaban J connectivity index is 1.72. The average Bonchev–Trinajstić information content (AvgIpc) is 2.88. The van der Waals surface area contributed by atoms with E-state index in [1.807, 2.05) is 32.0 Å². The van der Waals surface area contributed by atoms with Gasteiger partial charge in [-0.15, -0.1) is 0 Å². The third-order valence-electron chi connectivity index (χ3n) is 4.51. The first kappa shape index (κ1) is 16.4. The molecule has 0 aliphatic carbocycles. The number of hydrogen-bond acceptors (Lipinski definition) is 4. The topological polar surface area (TPSA) is 58.1 Å². The molecule has 3 rings (SSSR count). The molecule has 1 aromatic heterocycles. The van der Waals surface area contributed by atoms with Gasteiger partial charge in [0.2, 0.25) is 5.95 Å². The number of carbonyl (C=O) groups is 1. The lowest BCUT2D eigenvalue weighted by atomic mass is 10.1. The summed E-state index contributed by atoms with van der Waals surface area (Å²) in [5, 5.41) is 2.97. The van der Waals surface area contributed by atoms with E-state index in [2.05, 4.69) is 20.2 Å².